The first kappa shape index (κ1) is 19.3. The fourth-order valence-electron chi connectivity index (χ4n) is 3.99. The number of benzene rings is 2. The van der Waals surface area contributed by atoms with Gasteiger partial charge < -0.3 is 5.32 Å². The van der Waals surface area contributed by atoms with Gasteiger partial charge in [0.1, 0.15) is 0 Å². The van der Waals surface area contributed by atoms with Gasteiger partial charge in [0.15, 0.2) is 0 Å². The van der Waals surface area contributed by atoms with Gasteiger partial charge >= 0.3 is 0 Å². The highest BCUT2D eigenvalue weighted by Crippen LogP contribution is 2.27. The monoisotopic (exact) mass is 385 g/mol. The molecule has 1 amide bonds. The number of aromatic nitrogens is 1. The largest absolute Gasteiger partial charge is 0.350 e. The Balaban J connectivity index is 1.52. The summed E-state index contributed by atoms with van der Waals surface area (Å²) in [5, 5.41) is 3.16. The molecule has 3 aromatic rings. The Hall–Kier alpha value is -2.98. The minimum Gasteiger partial charge on any atom is -0.350 e. The van der Waals surface area contributed by atoms with Crippen LogP contribution in [-0.4, -0.2) is 28.9 Å². The summed E-state index contributed by atoms with van der Waals surface area (Å²) in [6.45, 7) is 6.50. The minimum atomic E-state index is -0.0283. The second kappa shape index (κ2) is 8.58. The van der Waals surface area contributed by atoms with Crippen LogP contribution in [0.3, 0.4) is 0 Å². The zero-order valence-corrected chi connectivity index (χ0v) is 17.1. The summed E-state index contributed by atoms with van der Waals surface area (Å²) < 4.78 is 0. The second-order valence-corrected chi connectivity index (χ2v) is 7.80. The molecular weight excluding hydrogens is 358 g/mol. The number of nitrogens with zero attached hydrogens (tertiary/aromatic N) is 2. The summed E-state index contributed by atoms with van der Waals surface area (Å²) in [6.07, 6.45) is 4.73. The molecule has 1 aromatic heterocycles. The van der Waals surface area contributed by atoms with Crippen molar-refractivity contribution in [2.45, 2.75) is 32.9 Å². The third-order valence-corrected chi connectivity index (χ3v) is 5.90. The topological polar surface area (TPSA) is 45.2 Å². The molecule has 0 saturated carbocycles. The van der Waals surface area contributed by atoms with Gasteiger partial charge in [-0.2, -0.15) is 0 Å². The van der Waals surface area contributed by atoms with E-state index in [0.29, 0.717) is 12.1 Å². The lowest BCUT2D eigenvalue weighted by Gasteiger charge is -2.36. The van der Waals surface area contributed by atoms with E-state index in [1.165, 1.54) is 16.7 Å². The molecule has 4 nitrogen and oxygen atoms in total. The Morgan fingerprint density at radius 3 is 2.66 bits per heavy atom. The van der Waals surface area contributed by atoms with E-state index in [1.807, 2.05) is 37.4 Å². The highest BCUT2D eigenvalue weighted by Gasteiger charge is 2.25. The van der Waals surface area contributed by atoms with Crippen molar-refractivity contribution in [2.75, 3.05) is 13.1 Å². The molecule has 4 rings (SSSR count). The lowest BCUT2D eigenvalue weighted by molar-refractivity contribution is 0.0927. The molecule has 0 aliphatic carbocycles. The Morgan fingerprint density at radius 2 is 1.90 bits per heavy atom. The Kier molecular flexibility index (Phi) is 5.72. The zero-order valence-electron chi connectivity index (χ0n) is 17.1. The van der Waals surface area contributed by atoms with Crippen LogP contribution in [0.1, 0.15) is 44.2 Å². The summed E-state index contributed by atoms with van der Waals surface area (Å²) in [4.78, 5) is 19.5. The SMILES string of the molecule is Cc1ccc(C(=O)NC[C@H](c2cccnc2)N2CCc3ccccc3C2)cc1C. The fraction of sp³-hybridized carbons (Fsp3) is 0.280. The van der Waals surface area contributed by atoms with Crippen molar-refractivity contribution >= 4 is 5.91 Å². The number of fused-ring (bicyclic) bond motifs is 1. The average Bonchev–Trinajstić information content (AvgIpc) is 2.76. The number of hydrogen-bond donors (Lipinski definition) is 1. The van der Waals surface area contributed by atoms with E-state index in [4.69, 9.17) is 0 Å². The number of carbonyl (C=O) groups excluding carboxylic acids is 1. The normalized spacial score (nSPS) is 14.8. The van der Waals surface area contributed by atoms with Crippen molar-refractivity contribution in [3.8, 4) is 0 Å². The molecule has 1 atom stereocenters. The van der Waals surface area contributed by atoms with Gasteiger partial charge in [-0.3, -0.25) is 14.7 Å². The van der Waals surface area contributed by atoms with E-state index in [-0.39, 0.29) is 11.9 Å². The van der Waals surface area contributed by atoms with E-state index < -0.39 is 0 Å². The maximum absolute atomic E-state index is 12.8. The van der Waals surface area contributed by atoms with Crippen LogP contribution in [0.5, 0.6) is 0 Å². The van der Waals surface area contributed by atoms with Crippen LogP contribution < -0.4 is 5.32 Å². The van der Waals surface area contributed by atoms with Crippen molar-refractivity contribution in [2.24, 2.45) is 0 Å². The smallest absolute Gasteiger partial charge is 0.251 e. The van der Waals surface area contributed by atoms with E-state index in [1.54, 1.807) is 6.20 Å². The fourth-order valence-corrected chi connectivity index (χ4v) is 3.99. The van der Waals surface area contributed by atoms with Crippen LogP contribution >= 0.6 is 0 Å². The molecule has 4 heteroatoms. The molecule has 0 saturated heterocycles. The van der Waals surface area contributed by atoms with Crippen LogP contribution in [0.4, 0.5) is 0 Å². The van der Waals surface area contributed by atoms with Gasteiger partial charge in [-0.25, -0.2) is 0 Å². The first-order valence-corrected chi connectivity index (χ1v) is 10.2. The quantitative estimate of drug-likeness (QED) is 0.715. The van der Waals surface area contributed by atoms with Crippen molar-refractivity contribution in [1.29, 1.82) is 0 Å². The molecule has 0 bridgehead atoms. The van der Waals surface area contributed by atoms with Gasteiger partial charge in [0.05, 0.1) is 6.04 Å². The van der Waals surface area contributed by atoms with Crippen molar-refractivity contribution < 1.29 is 4.79 Å². The van der Waals surface area contributed by atoms with E-state index in [0.717, 1.165) is 30.6 Å². The van der Waals surface area contributed by atoms with Crippen LogP contribution in [0, 0.1) is 13.8 Å². The standard InChI is InChI=1S/C25H27N3O/c1-18-9-10-21(14-19(18)2)25(29)27-16-24(22-8-5-12-26-15-22)28-13-11-20-6-3-4-7-23(20)17-28/h3-10,12,14-15,24H,11,13,16-17H2,1-2H3,(H,27,29)/t24-/m1/s1. The van der Waals surface area contributed by atoms with Gasteiger partial charge in [0.2, 0.25) is 0 Å². The zero-order chi connectivity index (χ0) is 20.2. The predicted octanol–water partition coefficient (Wildman–Crippen LogP) is 4.23. The van der Waals surface area contributed by atoms with Crippen molar-refractivity contribution in [3.63, 3.8) is 0 Å². The minimum absolute atomic E-state index is 0.0283. The van der Waals surface area contributed by atoms with Crippen molar-refractivity contribution in [3.05, 3.63) is 100 Å². The summed E-state index contributed by atoms with van der Waals surface area (Å²) >= 11 is 0. The van der Waals surface area contributed by atoms with Crippen LogP contribution in [0.2, 0.25) is 0 Å². The van der Waals surface area contributed by atoms with Gasteiger partial charge in [-0.05, 0) is 66.3 Å². The van der Waals surface area contributed by atoms with Gasteiger partial charge in [-0.1, -0.05) is 36.4 Å². The molecule has 0 fully saturated rings. The number of hydrogen-bond acceptors (Lipinski definition) is 3. The number of aryl methyl sites for hydroxylation is 2. The third-order valence-electron chi connectivity index (χ3n) is 5.90. The molecule has 2 heterocycles. The molecule has 0 spiro atoms. The molecule has 1 N–H and O–H groups in total. The summed E-state index contributed by atoms with van der Waals surface area (Å²) in [5.41, 5.74) is 6.96. The van der Waals surface area contributed by atoms with E-state index in [9.17, 15) is 4.79 Å². The molecule has 148 valence electrons. The van der Waals surface area contributed by atoms with Gasteiger partial charge in [0, 0.05) is 37.6 Å². The average molecular weight is 386 g/mol. The molecule has 29 heavy (non-hydrogen) atoms. The maximum atomic E-state index is 12.8. The van der Waals surface area contributed by atoms with Crippen LogP contribution in [-0.2, 0) is 13.0 Å². The Bertz CT molecular complexity index is 1000. The third kappa shape index (κ3) is 4.38. The Morgan fingerprint density at radius 1 is 1.07 bits per heavy atom. The van der Waals surface area contributed by atoms with Crippen LogP contribution in [0.25, 0.3) is 0 Å². The number of amides is 1. The molecule has 1 aliphatic rings. The molecule has 0 radical (unpaired) electrons. The first-order valence-electron chi connectivity index (χ1n) is 10.2. The second-order valence-electron chi connectivity index (χ2n) is 7.80. The number of rotatable bonds is 5. The van der Waals surface area contributed by atoms with E-state index in [2.05, 4.69) is 52.5 Å². The number of pyridine rings is 1. The highest BCUT2D eigenvalue weighted by atomic mass is 16.1. The first-order chi connectivity index (χ1) is 14.1. The van der Waals surface area contributed by atoms with Gasteiger partial charge in [-0.15, -0.1) is 0 Å². The molecular formula is C25H27N3O. The highest BCUT2D eigenvalue weighted by molar-refractivity contribution is 5.94. The lowest BCUT2D eigenvalue weighted by Crippen LogP contribution is -2.40. The molecule has 0 unspecified atom stereocenters. The van der Waals surface area contributed by atoms with E-state index >= 15 is 0 Å². The summed E-state index contributed by atoms with van der Waals surface area (Å²) in [7, 11) is 0. The molecule has 1 aliphatic heterocycles. The molecule has 2 aromatic carbocycles. The maximum Gasteiger partial charge on any atom is 0.251 e. The number of nitrogens with one attached hydrogen (secondary N) is 1. The lowest BCUT2D eigenvalue weighted by atomic mass is 9.96. The predicted molar refractivity (Wildman–Crippen MR) is 116 cm³/mol. The van der Waals surface area contributed by atoms with Crippen LogP contribution in [0.15, 0.2) is 67.0 Å². The number of carbonyl (C=O) groups is 1. The van der Waals surface area contributed by atoms with Gasteiger partial charge in [0.25, 0.3) is 5.91 Å². The summed E-state index contributed by atoms with van der Waals surface area (Å²) in [6, 6.07) is 18.6. The Labute approximate surface area is 172 Å². The summed E-state index contributed by atoms with van der Waals surface area (Å²) in [5.74, 6) is -0.0283. The van der Waals surface area contributed by atoms with Crippen molar-refractivity contribution in [1.82, 2.24) is 15.2 Å².